The Hall–Kier alpha value is -3.25. The second-order valence-corrected chi connectivity index (χ2v) is 9.73. The van der Waals surface area contributed by atoms with Gasteiger partial charge in [-0.25, -0.2) is 0 Å². The van der Waals surface area contributed by atoms with E-state index in [0.29, 0.717) is 6.61 Å². The summed E-state index contributed by atoms with van der Waals surface area (Å²) in [5, 5.41) is 21.8. The van der Waals surface area contributed by atoms with E-state index in [-0.39, 0.29) is 36.1 Å². The van der Waals surface area contributed by atoms with Crippen LogP contribution in [0.25, 0.3) is 21.9 Å². The lowest BCUT2D eigenvalue weighted by Crippen LogP contribution is -2.46. The molecule has 6 heteroatoms. The number of hydrogen-bond donors (Lipinski definition) is 2. The average molecular weight is 520 g/mol. The van der Waals surface area contributed by atoms with Crippen molar-refractivity contribution in [2.24, 2.45) is 0 Å². The van der Waals surface area contributed by atoms with Crippen LogP contribution in [0, 0.1) is 0 Å². The van der Waals surface area contributed by atoms with Crippen LogP contribution in [0.5, 0.6) is 17.2 Å². The van der Waals surface area contributed by atoms with Gasteiger partial charge >= 0.3 is 0 Å². The molecule has 0 radical (unpaired) electrons. The molecule has 194 valence electrons. The number of phenols is 2. The van der Waals surface area contributed by atoms with Gasteiger partial charge in [0.15, 0.2) is 0 Å². The normalized spacial score (nSPS) is 17.9. The lowest BCUT2D eigenvalue weighted by Gasteiger charge is -2.35. The van der Waals surface area contributed by atoms with Crippen LogP contribution in [0.1, 0.15) is 25.0 Å². The molecule has 2 unspecified atom stereocenters. The Kier molecular flexibility index (Phi) is 8.59. The van der Waals surface area contributed by atoms with E-state index in [0.717, 1.165) is 53.7 Å². The summed E-state index contributed by atoms with van der Waals surface area (Å²) in [5.74, 6) is 1.38. The first-order chi connectivity index (χ1) is 17.4. The van der Waals surface area contributed by atoms with Gasteiger partial charge in [-0.15, -0.1) is 12.4 Å². The highest BCUT2D eigenvalue weighted by Crippen LogP contribution is 2.34. The zero-order valence-electron chi connectivity index (χ0n) is 21.3. The van der Waals surface area contributed by atoms with E-state index in [2.05, 4.69) is 36.9 Å². The third-order valence-corrected chi connectivity index (χ3v) is 6.77. The number of aromatic hydroxyl groups is 2. The van der Waals surface area contributed by atoms with Gasteiger partial charge < -0.3 is 19.7 Å². The van der Waals surface area contributed by atoms with E-state index in [4.69, 9.17) is 9.47 Å². The first-order valence-electron chi connectivity index (χ1n) is 12.6. The van der Waals surface area contributed by atoms with Gasteiger partial charge in [-0.3, -0.25) is 4.90 Å². The van der Waals surface area contributed by atoms with Crippen LogP contribution >= 0.6 is 12.4 Å². The molecule has 4 aromatic carbocycles. The minimum absolute atomic E-state index is 0. The molecule has 2 N–H and O–H groups in total. The molecule has 1 aliphatic rings. The molecule has 2 atom stereocenters. The number of benzene rings is 4. The van der Waals surface area contributed by atoms with E-state index in [1.807, 2.05) is 36.4 Å². The predicted molar refractivity (Wildman–Crippen MR) is 151 cm³/mol. The van der Waals surface area contributed by atoms with Gasteiger partial charge in [0.2, 0.25) is 0 Å². The van der Waals surface area contributed by atoms with Crippen molar-refractivity contribution < 1.29 is 19.7 Å². The van der Waals surface area contributed by atoms with Crippen LogP contribution in [0.2, 0.25) is 0 Å². The molecule has 0 amide bonds. The molecule has 5 nitrogen and oxygen atoms in total. The van der Waals surface area contributed by atoms with E-state index >= 15 is 0 Å². The third kappa shape index (κ3) is 6.55. The zero-order chi connectivity index (χ0) is 25.1. The topological polar surface area (TPSA) is 62.2 Å². The Bertz CT molecular complexity index is 1310. The maximum atomic E-state index is 9.99. The van der Waals surface area contributed by atoms with Crippen molar-refractivity contribution in [2.75, 3.05) is 26.2 Å². The SMILES string of the molecule is CC1CN(CCOc2ccc(Cc3c(-c4ccc(O)cc4)ccc4cc(O)ccc34)cc2)CC(C)O1.Cl. The fraction of sp³-hybridized carbons (Fsp3) is 0.290. The molecule has 1 aliphatic heterocycles. The molecular weight excluding hydrogens is 486 g/mol. The largest absolute Gasteiger partial charge is 0.508 e. The van der Waals surface area contributed by atoms with Crippen molar-refractivity contribution >= 4 is 23.2 Å². The van der Waals surface area contributed by atoms with Crippen molar-refractivity contribution in [3.05, 3.63) is 90.0 Å². The Morgan fingerprint density at radius 2 is 1.51 bits per heavy atom. The van der Waals surface area contributed by atoms with Crippen molar-refractivity contribution in [3.8, 4) is 28.4 Å². The molecule has 1 heterocycles. The van der Waals surface area contributed by atoms with Crippen molar-refractivity contribution in [1.82, 2.24) is 4.90 Å². The van der Waals surface area contributed by atoms with Crippen LogP contribution in [0.15, 0.2) is 78.9 Å². The minimum atomic E-state index is 0. The molecule has 0 saturated carbocycles. The standard InChI is InChI=1S/C31H33NO4.ClH/c1-21-19-32(20-22(2)36-21)15-16-35-28-11-3-23(4-12-28)17-31-29(24-5-8-26(33)9-6-24)13-7-25-18-27(34)10-14-30(25)31;/h3-14,18,21-22,33-34H,15-17,19-20H2,1-2H3;1H. The first kappa shape index (κ1) is 26.8. The molecule has 0 aliphatic carbocycles. The molecule has 0 bridgehead atoms. The fourth-order valence-corrected chi connectivity index (χ4v) is 5.15. The predicted octanol–water partition coefficient (Wildman–Crippen LogP) is 6.42. The number of phenolic OH excluding ortho intramolecular Hbond substituents is 2. The summed E-state index contributed by atoms with van der Waals surface area (Å²) in [5.41, 5.74) is 4.52. The second-order valence-electron chi connectivity index (χ2n) is 9.73. The smallest absolute Gasteiger partial charge is 0.119 e. The Balaban J connectivity index is 0.00000320. The van der Waals surface area contributed by atoms with E-state index in [1.54, 1.807) is 24.3 Å². The van der Waals surface area contributed by atoms with Crippen molar-refractivity contribution in [1.29, 1.82) is 0 Å². The number of morpholine rings is 1. The fourth-order valence-electron chi connectivity index (χ4n) is 5.15. The summed E-state index contributed by atoms with van der Waals surface area (Å²) < 4.78 is 11.8. The molecule has 5 rings (SSSR count). The van der Waals surface area contributed by atoms with Gasteiger partial charge in [0.1, 0.15) is 23.9 Å². The Labute approximate surface area is 224 Å². The molecule has 4 aromatic rings. The summed E-state index contributed by atoms with van der Waals surface area (Å²) >= 11 is 0. The Morgan fingerprint density at radius 1 is 0.838 bits per heavy atom. The summed E-state index contributed by atoms with van der Waals surface area (Å²) in [6.45, 7) is 7.66. The van der Waals surface area contributed by atoms with Gasteiger partial charge in [0.05, 0.1) is 12.2 Å². The molecule has 0 aromatic heterocycles. The van der Waals surface area contributed by atoms with Gasteiger partial charge in [-0.1, -0.05) is 42.5 Å². The summed E-state index contributed by atoms with van der Waals surface area (Å²) in [6, 6.07) is 25.3. The molecule has 0 spiro atoms. The summed E-state index contributed by atoms with van der Waals surface area (Å²) in [7, 11) is 0. The van der Waals surface area contributed by atoms with Crippen LogP contribution in [0.3, 0.4) is 0 Å². The van der Waals surface area contributed by atoms with E-state index in [9.17, 15) is 10.2 Å². The summed E-state index contributed by atoms with van der Waals surface area (Å²) in [6.07, 6.45) is 1.26. The quantitative estimate of drug-likeness (QED) is 0.295. The average Bonchev–Trinajstić information content (AvgIpc) is 2.85. The molecule has 1 fully saturated rings. The monoisotopic (exact) mass is 519 g/mol. The zero-order valence-corrected chi connectivity index (χ0v) is 22.1. The highest BCUT2D eigenvalue weighted by Gasteiger charge is 2.21. The highest BCUT2D eigenvalue weighted by atomic mass is 35.5. The Morgan fingerprint density at radius 3 is 2.22 bits per heavy atom. The highest BCUT2D eigenvalue weighted by molar-refractivity contribution is 5.93. The number of halogens is 1. The van der Waals surface area contributed by atoms with Gasteiger partial charge in [-0.2, -0.15) is 0 Å². The maximum Gasteiger partial charge on any atom is 0.119 e. The summed E-state index contributed by atoms with van der Waals surface area (Å²) in [4.78, 5) is 2.40. The van der Waals surface area contributed by atoms with Crippen molar-refractivity contribution in [2.45, 2.75) is 32.5 Å². The molecule has 37 heavy (non-hydrogen) atoms. The maximum absolute atomic E-state index is 9.99. The van der Waals surface area contributed by atoms with E-state index in [1.165, 1.54) is 11.1 Å². The van der Waals surface area contributed by atoms with Crippen LogP contribution in [-0.4, -0.2) is 53.6 Å². The van der Waals surface area contributed by atoms with Crippen LogP contribution in [0.4, 0.5) is 0 Å². The number of ether oxygens (including phenoxy) is 2. The lowest BCUT2D eigenvalue weighted by atomic mass is 9.90. The van der Waals surface area contributed by atoms with Crippen LogP contribution in [-0.2, 0) is 11.2 Å². The minimum Gasteiger partial charge on any atom is -0.508 e. The van der Waals surface area contributed by atoms with Gasteiger partial charge in [0.25, 0.3) is 0 Å². The lowest BCUT2D eigenvalue weighted by molar-refractivity contribution is -0.0699. The van der Waals surface area contributed by atoms with E-state index < -0.39 is 0 Å². The van der Waals surface area contributed by atoms with Gasteiger partial charge in [-0.05, 0) is 89.7 Å². The number of fused-ring (bicyclic) bond motifs is 1. The van der Waals surface area contributed by atoms with Crippen molar-refractivity contribution in [3.63, 3.8) is 0 Å². The number of hydrogen-bond acceptors (Lipinski definition) is 5. The third-order valence-electron chi connectivity index (χ3n) is 6.77. The van der Waals surface area contributed by atoms with Crippen LogP contribution < -0.4 is 4.74 Å². The molecular formula is C31H34ClNO4. The van der Waals surface area contributed by atoms with Gasteiger partial charge in [0, 0.05) is 19.6 Å². The number of rotatable bonds is 7. The second kappa shape index (κ2) is 11.9. The molecule has 1 saturated heterocycles. The number of nitrogens with zero attached hydrogens (tertiary/aromatic N) is 1. The first-order valence-corrected chi connectivity index (χ1v) is 12.6.